The number of halogens is 3. The zero-order valence-corrected chi connectivity index (χ0v) is 27.8. The number of hydrogen-bond acceptors (Lipinski definition) is 6. The van der Waals surface area contributed by atoms with Crippen LogP contribution in [0.1, 0.15) is 23.6 Å². The number of nitrogens with zero attached hydrogens (tertiary/aromatic N) is 1. The number of amides is 4. The van der Waals surface area contributed by atoms with E-state index in [0.29, 0.717) is 51.2 Å². The maximum atomic E-state index is 13.5. The van der Waals surface area contributed by atoms with Crippen molar-refractivity contribution in [2.45, 2.75) is 20.1 Å². The van der Waals surface area contributed by atoms with Gasteiger partial charge < -0.3 is 14.2 Å². The molecule has 4 aromatic carbocycles. The van der Waals surface area contributed by atoms with Gasteiger partial charge in [0, 0.05) is 9.50 Å². The highest BCUT2D eigenvalue weighted by Gasteiger charge is 2.37. The van der Waals surface area contributed by atoms with E-state index in [9.17, 15) is 14.4 Å². The van der Waals surface area contributed by atoms with Crippen LogP contribution in [0.4, 0.5) is 10.5 Å². The summed E-state index contributed by atoms with van der Waals surface area (Å²) >= 11 is 11.5. The smallest absolute Gasteiger partial charge is 0.335 e. The maximum absolute atomic E-state index is 13.5. The van der Waals surface area contributed by atoms with Gasteiger partial charge in [0.25, 0.3) is 11.8 Å². The average Bonchev–Trinajstić information content (AvgIpc) is 3.00. The summed E-state index contributed by atoms with van der Waals surface area (Å²) in [5.74, 6) is 0.00332. The normalized spacial score (nSPS) is 14.0. The molecule has 1 aliphatic heterocycles. The van der Waals surface area contributed by atoms with E-state index in [1.807, 2.05) is 43.3 Å². The fourth-order valence-electron chi connectivity index (χ4n) is 4.31. The molecule has 8 nitrogen and oxygen atoms in total. The lowest BCUT2D eigenvalue weighted by Gasteiger charge is -2.26. The van der Waals surface area contributed by atoms with Gasteiger partial charge in [0.1, 0.15) is 24.5 Å². The topological polar surface area (TPSA) is 94.2 Å². The molecule has 4 aromatic rings. The molecule has 1 N–H and O–H groups in total. The number of imide groups is 2. The minimum Gasteiger partial charge on any atom is -0.490 e. The number of rotatable bonds is 10. The molecule has 0 aromatic heterocycles. The zero-order chi connectivity index (χ0) is 31.2. The monoisotopic (exact) mass is 786 g/mol. The third kappa shape index (κ3) is 7.61. The van der Waals surface area contributed by atoms with E-state index < -0.39 is 17.8 Å². The van der Waals surface area contributed by atoms with E-state index in [0.717, 1.165) is 20.5 Å². The van der Waals surface area contributed by atoms with Crippen LogP contribution in [-0.4, -0.2) is 24.5 Å². The van der Waals surface area contributed by atoms with Crippen LogP contribution in [0.5, 0.6) is 17.2 Å². The average molecular weight is 788 g/mol. The van der Waals surface area contributed by atoms with Gasteiger partial charge in [-0.3, -0.25) is 14.9 Å². The summed E-state index contributed by atoms with van der Waals surface area (Å²) in [5.41, 5.74) is 2.53. The second-order valence-electron chi connectivity index (χ2n) is 9.55. The van der Waals surface area contributed by atoms with Gasteiger partial charge in [-0.1, -0.05) is 51.8 Å². The van der Waals surface area contributed by atoms with Gasteiger partial charge in [-0.2, -0.15) is 0 Å². The Bertz CT molecular complexity index is 1730. The largest absolute Gasteiger partial charge is 0.490 e. The van der Waals surface area contributed by atoms with Gasteiger partial charge in [-0.05, 0) is 113 Å². The first-order valence-electron chi connectivity index (χ1n) is 13.4. The fourth-order valence-corrected chi connectivity index (χ4v) is 5.48. The van der Waals surface area contributed by atoms with Crippen molar-refractivity contribution in [3.8, 4) is 17.2 Å². The van der Waals surface area contributed by atoms with Crippen molar-refractivity contribution in [3.05, 3.63) is 120 Å². The number of hydrogen-bond donors (Lipinski definition) is 1. The standard InChI is InChI=1S/C33H25BrClIN2O6/c1-2-42-29-17-22(16-28(36)30(29)44-19-21-5-9-24(35)10-6-21)15-27-31(39)37-33(41)38(32(27)40)25-11-13-26(14-12-25)43-18-20-3-7-23(34)8-4-20/h3-17H,2,18-19H2,1H3,(H,37,39,41)/b27-15+. The van der Waals surface area contributed by atoms with Crippen LogP contribution < -0.4 is 24.4 Å². The van der Waals surface area contributed by atoms with E-state index in [4.69, 9.17) is 25.8 Å². The van der Waals surface area contributed by atoms with Crippen LogP contribution in [0.2, 0.25) is 5.02 Å². The van der Waals surface area contributed by atoms with Crippen LogP contribution in [0.15, 0.2) is 95.0 Å². The molecule has 0 saturated carbocycles. The molecule has 1 saturated heterocycles. The molecule has 0 spiro atoms. The molecule has 0 aliphatic carbocycles. The highest BCUT2D eigenvalue weighted by Crippen LogP contribution is 2.36. The van der Waals surface area contributed by atoms with Crippen LogP contribution in [0.3, 0.4) is 0 Å². The number of ether oxygens (including phenoxy) is 3. The third-order valence-electron chi connectivity index (χ3n) is 6.45. The SMILES string of the molecule is CCOc1cc(/C=C2\C(=O)NC(=O)N(c3ccc(OCc4ccc(Br)cc4)cc3)C2=O)cc(I)c1OCc1ccc(Cl)cc1. The van der Waals surface area contributed by atoms with Gasteiger partial charge in [-0.15, -0.1) is 0 Å². The Morgan fingerprint density at radius 2 is 1.50 bits per heavy atom. The summed E-state index contributed by atoms with van der Waals surface area (Å²) in [6, 6.07) is 24.2. The summed E-state index contributed by atoms with van der Waals surface area (Å²) < 4.78 is 19.4. The number of carbonyl (C=O) groups is 3. The first kappa shape index (κ1) is 31.6. The van der Waals surface area contributed by atoms with E-state index in [1.165, 1.54) is 6.08 Å². The zero-order valence-electron chi connectivity index (χ0n) is 23.3. The first-order valence-corrected chi connectivity index (χ1v) is 15.7. The second kappa shape index (κ2) is 14.3. The molecular formula is C33H25BrClIN2O6. The van der Waals surface area contributed by atoms with Crippen molar-refractivity contribution in [1.82, 2.24) is 5.32 Å². The molecule has 5 rings (SSSR count). The van der Waals surface area contributed by atoms with Crippen molar-refractivity contribution in [3.63, 3.8) is 0 Å². The molecule has 0 unspecified atom stereocenters. The summed E-state index contributed by atoms with van der Waals surface area (Å²) in [4.78, 5) is 40.0. The van der Waals surface area contributed by atoms with E-state index >= 15 is 0 Å². The third-order valence-corrected chi connectivity index (χ3v) is 8.04. The van der Waals surface area contributed by atoms with Gasteiger partial charge in [-0.25, -0.2) is 9.69 Å². The Hall–Kier alpha value is -3.87. The van der Waals surface area contributed by atoms with Crippen LogP contribution in [-0.2, 0) is 22.8 Å². The summed E-state index contributed by atoms with van der Waals surface area (Å²) in [6.07, 6.45) is 1.43. The highest BCUT2D eigenvalue weighted by molar-refractivity contribution is 14.1. The molecule has 1 aliphatic rings. The van der Waals surface area contributed by atoms with E-state index in [1.54, 1.807) is 48.5 Å². The predicted octanol–water partition coefficient (Wildman–Crippen LogP) is 7.93. The number of nitrogens with one attached hydrogen (secondary N) is 1. The molecular weight excluding hydrogens is 763 g/mol. The predicted molar refractivity (Wildman–Crippen MR) is 180 cm³/mol. The molecule has 0 bridgehead atoms. The Balaban J connectivity index is 1.35. The number of carbonyl (C=O) groups excluding carboxylic acids is 3. The molecule has 1 heterocycles. The fraction of sp³-hybridized carbons (Fsp3) is 0.121. The number of urea groups is 1. The van der Waals surface area contributed by atoms with Crippen molar-refractivity contribution >= 4 is 79.7 Å². The molecule has 1 fully saturated rings. The maximum Gasteiger partial charge on any atom is 0.335 e. The Morgan fingerprint density at radius 1 is 0.864 bits per heavy atom. The van der Waals surface area contributed by atoms with Crippen LogP contribution >= 0.6 is 50.1 Å². The quantitative estimate of drug-likeness (QED) is 0.0998. The Morgan fingerprint density at radius 3 is 2.16 bits per heavy atom. The summed E-state index contributed by atoms with van der Waals surface area (Å²) in [7, 11) is 0. The van der Waals surface area contributed by atoms with E-state index in [-0.39, 0.29) is 11.3 Å². The Kier molecular flexibility index (Phi) is 10.2. The summed E-state index contributed by atoms with van der Waals surface area (Å²) in [5, 5.41) is 2.89. The van der Waals surface area contributed by atoms with Crippen molar-refractivity contribution in [2.24, 2.45) is 0 Å². The van der Waals surface area contributed by atoms with Gasteiger partial charge in [0.15, 0.2) is 11.5 Å². The molecule has 0 atom stereocenters. The number of benzene rings is 4. The highest BCUT2D eigenvalue weighted by atomic mass is 127. The molecule has 224 valence electrons. The van der Waals surface area contributed by atoms with Gasteiger partial charge in [0.05, 0.1) is 15.9 Å². The van der Waals surface area contributed by atoms with E-state index in [2.05, 4.69) is 43.8 Å². The number of barbiturate groups is 1. The van der Waals surface area contributed by atoms with Gasteiger partial charge in [0.2, 0.25) is 0 Å². The minimum atomic E-state index is -0.837. The van der Waals surface area contributed by atoms with Crippen LogP contribution in [0.25, 0.3) is 6.08 Å². The molecule has 0 radical (unpaired) electrons. The lowest BCUT2D eigenvalue weighted by Crippen LogP contribution is -2.54. The van der Waals surface area contributed by atoms with Crippen molar-refractivity contribution < 1.29 is 28.6 Å². The lowest BCUT2D eigenvalue weighted by atomic mass is 10.1. The molecule has 4 amide bonds. The lowest BCUT2D eigenvalue weighted by molar-refractivity contribution is -0.122. The molecule has 44 heavy (non-hydrogen) atoms. The van der Waals surface area contributed by atoms with Crippen molar-refractivity contribution in [1.29, 1.82) is 0 Å². The van der Waals surface area contributed by atoms with Gasteiger partial charge >= 0.3 is 6.03 Å². The van der Waals surface area contributed by atoms with Crippen LogP contribution in [0, 0.1) is 3.57 Å². The first-order chi connectivity index (χ1) is 21.2. The Labute approximate surface area is 281 Å². The second-order valence-corrected chi connectivity index (χ2v) is 12.1. The molecule has 11 heteroatoms. The van der Waals surface area contributed by atoms with Crippen molar-refractivity contribution in [2.75, 3.05) is 11.5 Å². The minimum absolute atomic E-state index is 0.201. The summed E-state index contributed by atoms with van der Waals surface area (Å²) in [6.45, 7) is 2.86. The number of anilines is 1.